The normalized spacial score (nSPS) is 12.4. The van der Waals surface area contributed by atoms with Crippen molar-refractivity contribution in [2.75, 3.05) is 11.9 Å². The van der Waals surface area contributed by atoms with Gasteiger partial charge in [-0.25, -0.2) is 4.98 Å². The summed E-state index contributed by atoms with van der Waals surface area (Å²) in [6, 6.07) is 9.64. The van der Waals surface area contributed by atoms with Gasteiger partial charge in [0.05, 0.1) is 5.25 Å². The molecule has 0 aliphatic carbocycles. The fourth-order valence-electron chi connectivity index (χ4n) is 1.93. The van der Waals surface area contributed by atoms with E-state index in [1.807, 2.05) is 51.1 Å². The Bertz CT molecular complexity index is 597. The van der Waals surface area contributed by atoms with Gasteiger partial charge >= 0.3 is 0 Å². The fraction of sp³-hybridized carbons (Fsp3) is 0.400. The van der Waals surface area contributed by atoms with Crippen LogP contribution in [0.15, 0.2) is 35.5 Å². The van der Waals surface area contributed by atoms with Crippen molar-refractivity contribution < 1.29 is 4.79 Å². The lowest BCUT2D eigenvalue weighted by Crippen LogP contribution is -2.37. The highest BCUT2D eigenvalue weighted by atomic mass is 32.2. The molecule has 21 heavy (non-hydrogen) atoms. The molecule has 2 aromatic rings. The van der Waals surface area contributed by atoms with Crippen LogP contribution < -0.4 is 4.90 Å². The predicted molar refractivity (Wildman–Crippen MR) is 85.5 cm³/mol. The van der Waals surface area contributed by atoms with Crippen LogP contribution in [-0.4, -0.2) is 33.4 Å². The highest BCUT2D eigenvalue weighted by molar-refractivity contribution is 8.00. The minimum absolute atomic E-state index is 0.0589. The van der Waals surface area contributed by atoms with E-state index in [0.29, 0.717) is 5.16 Å². The lowest BCUT2D eigenvalue weighted by atomic mass is 10.1. The van der Waals surface area contributed by atoms with Gasteiger partial charge < -0.3 is 4.90 Å². The van der Waals surface area contributed by atoms with Crippen LogP contribution in [0.25, 0.3) is 0 Å². The SMILES string of the molecule is Cc1nc(S[C@@H](C(=O)N(C)c2ccccc2)C(C)C)n[nH]1. The number of anilines is 1. The minimum Gasteiger partial charge on any atom is -0.315 e. The molecule has 0 unspecified atom stereocenters. The third kappa shape index (κ3) is 3.85. The van der Waals surface area contributed by atoms with Gasteiger partial charge in [0.1, 0.15) is 5.82 Å². The summed E-state index contributed by atoms with van der Waals surface area (Å²) in [6.07, 6.45) is 0. The van der Waals surface area contributed by atoms with Gasteiger partial charge in [-0.15, -0.1) is 5.10 Å². The number of nitrogens with one attached hydrogen (secondary N) is 1. The summed E-state index contributed by atoms with van der Waals surface area (Å²) in [6.45, 7) is 5.92. The molecule has 1 heterocycles. The van der Waals surface area contributed by atoms with Gasteiger partial charge in [0, 0.05) is 12.7 Å². The molecule has 0 aliphatic rings. The van der Waals surface area contributed by atoms with E-state index >= 15 is 0 Å². The zero-order valence-electron chi connectivity index (χ0n) is 12.7. The number of para-hydroxylation sites is 1. The van der Waals surface area contributed by atoms with Gasteiger partial charge in [-0.1, -0.05) is 43.8 Å². The van der Waals surface area contributed by atoms with Gasteiger partial charge in [0.15, 0.2) is 0 Å². The first-order valence-electron chi connectivity index (χ1n) is 6.87. The highest BCUT2D eigenvalue weighted by Gasteiger charge is 2.28. The molecule has 5 nitrogen and oxygen atoms in total. The summed E-state index contributed by atoms with van der Waals surface area (Å²) in [5, 5.41) is 7.31. The van der Waals surface area contributed by atoms with E-state index in [4.69, 9.17) is 0 Å². The van der Waals surface area contributed by atoms with Gasteiger partial charge in [-0.3, -0.25) is 9.89 Å². The Morgan fingerprint density at radius 3 is 2.48 bits per heavy atom. The topological polar surface area (TPSA) is 61.9 Å². The van der Waals surface area contributed by atoms with Crippen molar-refractivity contribution in [2.45, 2.75) is 31.2 Å². The van der Waals surface area contributed by atoms with E-state index < -0.39 is 0 Å². The molecule has 0 radical (unpaired) electrons. The van der Waals surface area contributed by atoms with Crippen molar-refractivity contribution in [1.82, 2.24) is 15.2 Å². The molecular formula is C15H20N4OS. The lowest BCUT2D eigenvalue weighted by Gasteiger charge is -2.25. The quantitative estimate of drug-likeness (QED) is 0.863. The van der Waals surface area contributed by atoms with E-state index in [2.05, 4.69) is 15.2 Å². The summed E-state index contributed by atoms with van der Waals surface area (Å²) in [7, 11) is 1.80. The molecule has 1 amide bonds. The molecule has 1 atom stereocenters. The van der Waals surface area contributed by atoms with Gasteiger partial charge in [-0.05, 0) is 25.0 Å². The predicted octanol–water partition coefficient (Wildman–Crippen LogP) is 2.89. The number of aromatic amines is 1. The molecule has 0 aliphatic heterocycles. The lowest BCUT2D eigenvalue weighted by molar-refractivity contribution is -0.118. The Balaban J connectivity index is 2.16. The van der Waals surface area contributed by atoms with Crippen LogP contribution in [0.2, 0.25) is 0 Å². The number of aromatic nitrogens is 3. The zero-order chi connectivity index (χ0) is 15.4. The number of carbonyl (C=O) groups is 1. The first-order chi connectivity index (χ1) is 9.99. The van der Waals surface area contributed by atoms with Crippen LogP contribution in [0, 0.1) is 12.8 Å². The number of amides is 1. The van der Waals surface area contributed by atoms with Gasteiger partial charge in [0.2, 0.25) is 11.1 Å². The molecule has 2 rings (SSSR count). The van der Waals surface area contributed by atoms with E-state index in [1.165, 1.54) is 11.8 Å². The average molecular weight is 304 g/mol. The number of carbonyl (C=O) groups excluding carboxylic acids is 1. The summed E-state index contributed by atoms with van der Waals surface area (Å²) in [4.78, 5) is 18.7. The number of benzene rings is 1. The van der Waals surface area contributed by atoms with Crippen LogP contribution in [0.4, 0.5) is 5.69 Å². The monoisotopic (exact) mass is 304 g/mol. The van der Waals surface area contributed by atoms with Gasteiger partial charge in [0.25, 0.3) is 0 Å². The van der Waals surface area contributed by atoms with Crippen molar-refractivity contribution in [3.8, 4) is 0 Å². The second kappa shape index (κ2) is 6.76. The number of H-pyrrole nitrogens is 1. The van der Waals surface area contributed by atoms with Crippen molar-refractivity contribution in [3.63, 3.8) is 0 Å². The molecule has 0 spiro atoms. The summed E-state index contributed by atoms with van der Waals surface area (Å²) < 4.78 is 0. The molecule has 0 saturated carbocycles. The first kappa shape index (κ1) is 15.6. The van der Waals surface area contributed by atoms with Crippen LogP contribution in [0.5, 0.6) is 0 Å². The number of hydrogen-bond acceptors (Lipinski definition) is 4. The van der Waals surface area contributed by atoms with Crippen molar-refractivity contribution in [1.29, 1.82) is 0 Å². The van der Waals surface area contributed by atoms with Crippen molar-refractivity contribution in [2.24, 2.45) is 5.92 Å². The van der Waals surface area contributed by atoms with Crippen LogP contribution in [0.1, 0.15) is 19.7 Å². The number of aryl methyl sites for hydroxylation is 1. The largest absolute Gasteiger partial charge is 0.315 e. The fourth-order valence-corrected chi connectivity index (χ4v) is 2.98. The van der Waals surface area contributed by atoms with E-state index in [9.17, 15) is 4.79 Å². The van der Waals surface area contributed by atoms with E-state index in [0.717, 1.165) is 11.5 Å². The second-order valence-corrected chi connectivity index (χ2v) is 6.33. The minimum atomic E-state index is -0.217. The second-order valence-electron chi connectivity index (χ2n) is 5.22. The van der Waals surface area contributed by atoms with E-state index in [-0.39, 0.29) is 17.1 Å². The number of hydrogen-bond donors (Lipinski definition) is 1. The Morgan fingerprint density at radius 1 is 1.29 bits per heavy atom. The van der Waals surface area contributed by atoms with Crippen LogP contribution >= 0.6 is 11.8 Å². The zero-order valence-corrected chi connectivity index (χ0v) is 13.5. The smallest absolute Gasteiger partial charge is 0.240 e. The third-order valence-electron chi connectivity index (χ3n) is 3.13. The van der Waals surface area contributed by atoms with Crippen LogP contribution in [-0.2, 0) is 4.79 Å². The number of nitrogens with zero attached hydrogens (tertiary/aromatic N) is 3. The maximum absolute atomic E-state index is 12.7. The highest BCUT2D eigenvalue weighted by Crippen LogP contribution is 2.28. The third-order valence-corrected chi connectivity index (χ3v) is 4.53. The molecule has 0 fully saturated rings. The van der Waals surface area contributed by atoms with E-state index in [1.54, 1.807) is 11.9 Å². The number of rotatable bonds is 5. The molecule has 1 aromatic heterocycles. The average Bonchev–Trinajstić information content (AvgIpc) is 2.89. The van der Waals surface area contributed by atoms with Gasteiger partial charge in [-0.2, -0.15) is 0 Å². The Morgan fingerprint density at radius 2 is 1.95 bits per heavy atom. The Kier molecular flexibility index (Phi) is 5.01. The molecule has 1 aromatic carbocycles. The molecule has 0 bridgehead atoms. The Labute approximate surface area is 129 Å². The summed E-state index contributed by atoms with van der Waals surface area (Å²) in [5.41, 5.74) is 0.889. The number of thioether (sulfide) groups is 1. The maximum atomic E-state index is 12.7. The Hall–Kier alpha value is -1.82. The molecule has 1 N–H and O–H groups in total. The molecular weight excluding hydrogens is 284 g/mol. The van der Waals surface area contributed by atoms with Crippen molar-refractivity contribution in [3.05, 3.63) is 36.2 Å². The van der Waals surface area contributed by atoms with Crippen LogP contribution in [0.3, 0.4) is 0 Å². The van der Waals surface area contributed by atoms with Crippen molar-refractivity contribution >= 4 is 23.4 Å². The summed E-state index contributed by atoms with van der Waals surface area (Å²) >= 11 is 1.40. The maximum Gasteiger partial charge on any atom is 0.240 e. The molecule has 6 heteroatoms. The standard InChI is InChI=1S/C15H20N4OS/c1-10(2)13(21-15-16-11(3)17-18-15)14(20)19(4)12-8-6-5-7-9-12/h5-10,13H,1-4H3,(H,16,17,18)/t13-/m1/s1. The molecule has 0 saturated heterocycles. The molecule has 112 valence electrons. The summed E-state index contributed by atoms with van der Waals surface area (Å²) in [5.74, 6) is 1.000. The first-order valence-corrected chi connectivity index (χ1v) is 7.75.